The summed E-state index contributed by atoms with van der Waals surface area (Å²) in [7, 11) is 3.69. The van der Waals surface area contributed by atoms with Gasteiger partial charge in [0.1, 0.15) is 0 Å². The minimum atomic E-state index is -0.649. The fourth-order valence-electron chi connectivity index (χ4n) is 5.41. The number of benzene rings is 4. The van der Waals surface area contributed by atoms with Gasteiger partial charge in [-0.1, -0.05) is 66.7 Å². The van der Waals surface area contributed by atoms with Crippen molar-refractivity contribution in [2.24, 2.45) is 0 Å². The van der Waals surface area contributed by atoms with E-state index in [9.17, 15) is 4.79 Å². The molecule has 41 heavy (non-hydrogen) atoms. The molecule has 1 atom stereocenters. The van der Waals surface area contributed by atoms with Gasteiger partial charge in [0.05, 0.1) is 11.3 Å². The van der Waals surface area contributed by atoms with Crippen LogP contribution in [0.15, 0.2) is 103 Å². The van der Waals surface area contributed by atoms with Crippen molar-refractivity contribution in [2.75, 3.05) is 23.9 Å². The van der Waals surface area contributed by atoms with E-state index in [4.69, 9.17) is 10.1 Å². The smallest absolute Gasteiger partial charge is 0.155 e. The molecule has 7 heteroatoms. The van der Waals surface area contributed by atoms with E-state index in [1.807, 2.05) is 6.07 Å². The quantitative estimate of drug-likeness (QED) is 0.0953. The van der Waals surface area contributed by atoms with Gasteiger partial charge in [0.25, 0.3) is 0 Å². The molecule has 4 aromatic carbocycles. The van der Waals surface area contributed by atoms with Crippen molar-refractivity contribution >= 4 is 63.3 Å². The topological polar surface area (TPSA) is 56.7 Å². The largest absolute Gasteiger partial charge is 0.512 e. The summed E-state index contributed by atoms with van der Waals surface area (Å²) < 4.78 is 0. The first-order chi connectivity index (χ1) is 19.3. The zero-order valence-corrected chi connectivity index (χ0v) is 26.5. The van der Waals surface area contributed by atoms with Crippen molar-refractivity contribution in [1.82, 2.24) is 4.98 Å². The number of para-hydroxylation sites is 3. The van der Waals surface area contributed by atoms with Crippen LogP contribution in [0.3, 0.4) is 0 Å². The van der Waals surface area contributed by atoms with Gasteiger partial charge in [-0.15, -0.1) is 17.7 Å². The minimum Gasteiger partial charge on any atom is -0.512 e. The standard InChI is InChI=1S/C29H21N3P.C5H8O2.Ir/c1-31-23-11-5-7-13-27(23)33-28-14-8-6-12-24(28)32(2)26-18-20(17-25(31)29(26)33)22-16-15-19-9-3-4-10-21(19)30-22;1-4(6)3-5(2)7;/h3-17H,1-2H3;3,6H,1-2H3;/q-1;;/b;4-3-;. The van der Waals surface area contributed by atoms with Gasteiger partial charge in [0.15, 0.2) is 5.78 Å². The first kappa shape index (κ1) is 28.7. The fourth-order valence-corrected chi connectivity index (χ4v) is 8.39. The van der Waals surface area contributed by atoms with Gasteiger partial charge < -0.3 is 14.9 Å². The molecule has 1 unspecified atom stereocenters. The Kier molecular flexibility index (Phi) is 8.11. The molecule has 5 aromatic rings. The number of anilines is 4. The number of hydrogen-bond acceptors (Lipinski definition) is 5. The summed E-state index contributed by atoms with van der Waals surface area (Å²) in [4.78, 5) is 19.6. The normalized spacial score (nSPS) is 14.6. The summed E-state index contributed by atoms with van der Waals surface area (Å²) in [6, 6.07) is 36.3. The molecule has 7 rings (SSSR count). The molecule has 1 radical (unpaired) electrons. The van der Waals surface area contributed by atoms with Crippen molar-refractivity contribution in [1.29, 1.82) is 0 Å². The van der Waals surface area contributed by atoms with Gasteiger partial charge in [-0.3, -0.25) is 9.78 Å². The molecule has 1 N–H and O–H groups in total. The second-order valence-electron chi connectivity index (χ2n) is 9.98. The SMILES string of the molecule is CC(=O)/C=C(/C)O.CN1c2[c-]c(-c3ccc4ccccc4n3)cc3c2P(c2ccccc21)c1ccccc1N3C.[Ir]. The summed E-state index contributed by atoms with van der Waals surface area (Å²) in [5.41, 5.74) is 7.95. The Bertz CT molecular complexity index is 1740. The predicted octanol–water partition coefficient (Wildman–Crippen LogP) is 6.66. The molecule has 5 nitrogen and oxygen atoms in total. The Morgan fingerprint density at radius 3 is 2.07 bits per heavy atom. The average Bonchev–Trinajstić information content (AvgIpc) is 2.96. The van der Waals surface area contributed by atoms with Crippen LogP contribution in [-0.2, 0) is 24.9 Å². The number of aromatic nitrogens is 1. The number of pyridine rings is 1. The number of rotatable bonds is 2. The maximum atomic E-state index is 10.0. The Balaban J connectivity index is 0.000000379. The van der Waals surface area contributed by atoms with Crippen LogP contribution in [0.1, 0.15) is 13.8 Å². The van der Waals surface area contributed by atoms with Gasteiger partial charge in [0.2, 0.25) is 0 Å². The van der Waals surface area contributed by atoms with Crippen molar-refractivity contribution in [3.8, 4) is 11.3 Å². The molecule has 0 spiro atoms. The monoisotopic (exact) mass is 735 g/mol. The van der Waals surface area contributed by atoms with E-state index in [0.717, 1.165) is 27.8 Å². The van der Waals surface area contributed by atoms with Crippen LogP contribution in [-0.4, -0.2) is 30.0 Å². The van der Waals surface area contributed by atoms with Gasteiger partial charge in [-0.2, -0.15) is 0 Å². The first-order valence-corrected chi connectivity index (χ1v) is 14.5. The molecule has 0 amide bonds. The average molecular weight is 735 g/mol. The molecule has 0 fully saturated rings. The molecule has 0 saturated carbocycles. The van der Waals surface area contributed by atoms with E-state index in [0.29, 0.717) is 0 Å². The van der Waals surface area contributed by atoms with E-state index in [-0.39, 0.29) is 31.6 Å². The molecule has 3 heterocycles. The summed E-state index contributed by atoms with van der Waals surface area (Å²) in [5, 5.41) is 13.7. The molecule has 0 bridgehead atoms. The zero-order valence-electron chi connectivity index (χ0n) is 23.2. The number of allylic oxidation sites excluding steroid dienone is 2. The van der Waals surface area contributed by atoms with Crippen LogP contribution in [0.4, 0.5) is 22.7 Å². The third-order valence-electron chi connectivity index (χ3n) is 7.18. The van der Waals surface area contributed by atoms with Crippen molar-refractivity contribution < 1.29 is 30.0 Å². The second-order valence-corrected chi connectivity index (χ2v) is 12.1. The van der Waals surface area contributed by atoms with E-state index in [2.05, 4.69) is 115 Å². The van der Waals surface area contributed by atoms with E-state index >= 15 is 0 Å². The molecular formula is C34H29IrN3O2P-. The number of fused-ring (bicyclic) bond motifs is 5. The fraction of sp³-hybridized carbons (Fsp3) is 0.118. The van der Waals surface area contributed by atoms with E-state index < -0.39 is 7.92 Å². The zero-order chi connectivity index (χ0) is 28.0. The number of ketones is 1. The van der Waals surface area contributed by atoms with Crippen LogP contribution in [0.2, 0.25) is 0 Å². The molecule has 2 aliphatic rings. The Morgan fingerprint density at radius 1 is 0.829 bits per heavy atom. The maximum Gasteiger partial charge on any atom is 0.155 e. The van der Waals surface area contributed by atoms with E-state index in [1.165, 1.54) is 52.9 Å². The van der Waals surface area contributed by atoms with Crippen LogP contribution < -0.4 is 25.7 Å². The summed E-state index contributed by atoms with van der Waals surface area (Å²) >= 11 is 0. The van der Waals surface area contributed by atoms with Gasteiger partial charge in [-0.25, -0.2) is 0 Å². The molecular weight excluding hydrogens is 706 g/mol. The first-order valence-electron chi connectivity index (χ1n) is 13.1. The van der Waals surface area contributed by atoms with Crippen molar-refractivity contribution in [3.05, 3.63) is 109 Å². The number of hydrogen-bond donors (Lipinski definition) is 1. The molecule has 0 saturated heterocycles. The Hall–Kier alpha value is -3.82. The third kappa shape index (κ3) is 5.20. The summed E-state index contributed by atoms with van der Waals surface area (Å²) in [6.07, 6.45) is 1.17. The third-order valence-corrected chi connectivity index (χ3v) is 9.78. The van der Waals surface area contributed by atoms with Gasteiger partial charge in [-0.05, 0) is 78.3 Å². The summed E-state index contributed by atoms with van der Waals surface area (Å²) in [5.74, 6) is -0.0625. The second kappa shape index (κ2) is 11.6. The number of aliphatic hydroxyl groups is 1. The van der Waals surface area contributed by atoms with Crippen molar-refractivity contribution in [2.45, 2.75) is 13.8 Å². The minimum absolute atomic E-state index is 0. The summed E-state index contributed by atoms with van der Waals surface area (Å²) in [6.45, 7) is 2.85. The van der Waals surface area contributed by atoms with Crippen LogP contribution in [0.25, 0.3) is 22.2 Å². The number of carbonyl (C=O) groups is 1. The number of carbonyl (C=O) groups excluding carboxylic acids is 1. The van der Waals surface area contributed by atoms with Gasteiger partial charge in [0, 0.05) is 51.7 Å². The molecule has 207 valence electrons. The molecule has 2 aliphatic heterocycles. The predicted molar refractivity (Wildman–Crippen MR) is 168 cm³/mol. The molecule has 0 aliphatic carbocycles. The maximum absolute atomic E-state index is 10.0. The van der Waals surface area contributed by atoms with Gasteiger partial charge >= 0.3 is 0 Å². The van der Waals surface area contributed by atoms with E-state index in [1.54, 1.807) is 0 Å². The number of aliphatic hydroxyl groups excluding tert-OH is 1. The molecule has 1 aromatic heterocycles. The van der Waals surface area contributed by atoms with Crippen LogP contribution >= 0.6 is 7.92 Å². The van der Waals surface area contributed by atoms with Crippen LogP contribution in [0, 0.1) is 6.07 Å². The van der Waals surface area contributed by atoms with Crippen molar-refractivity contribution in [3.63, 3.8) is 0 Å². The Labute approximate surface area is 255 Å². The van der Waals surface area contributed by atoms with Crippen LogP contribution in [0.5, 0.6) is 0 Å². The number of nitrogens with zero attached hydrogens (tertiary/aromatic N) is 3. The Morgan fingerprint density at radius 2 is 1.44 bits per heavy atom.